The SMILES string of the molecule is CS(=O)(=O)c1ccc(-n2nc(Cl)c(C(F)F)c2-c2ccc(Cl)cc2)cc1. The molecule has 0 aliphatic rings. The molecule has 0 N–H and O–H groups in total. The minimum Gasteiger partial charge on any atom is -0.231 e. The first-order valence-corrected chi connectivity index (χ1v) is 9.96. The Bertz CT molecular complexity index is 1050. The number of sulfone groups is 1. The third-order valence-electron chi connectivity index (χ3n) is 3.72. The largest absolute Gasteiger partial charge is 0.268 e. The van der Waals surface area contributed by atoms with E-state index in [2.05, 4.69) is 5.10 Å². The molecule has 4 nitrogen and oxygen atoms in total. The molecule has 0 fully saturated rings. The summed E-state index contributed by atoms with van der Waals surface area (Å²) in [6.07, 6.45) is -1.75. The maximum atomic E-state index is 13.6. The van der Waals surface area contributed by atoms with Crippen molar-refractivity contribution in [3.8, 4) is 16.9 Å². The fourth-order valence-corrected chi connectivity index (χ4v) is 3.51. The molecule has 0 amide bonds. The van der Waals surface area contributed by atoms with E-state index >= 15 is 0 Å². The number of hydrogen-bond acceptors (Lipinski definition) is 3. The van der Waals surface area contributed by atoms with Crippen molar-refractivity contribution >= 4 is 33.0 Å². The highest BCUT2D eigenvalue weighted by atomic mass is 35.5. The molecule has 2 aromatic carbocycles. The predicted octanol–water partition coefficient (Wildman–Crippen LogP) is 5.19. The normalized spacial score (nSPS) is 11.9. The van der Waals surface area contributed by atoms with Gasteiger partial charge in [0.05, 0.1) is 21.8 Å². The summed E-state index contributed by atoms with van der Waals surface area (Å²) in [5, 5.41) is 4.15. The quantitative estimate of drug-likeness (QED) is 0.587. The molecule has 0 unspecified atom stereocenters. The minimum atomic E-state index is -3.38. The Morgan fingerprint density at radius 3 is 2.08 bits per heavy atom. The van der Waals surface area contributed by atoms with E-state index in [9.17, 15) is 17.2 Å². The lowest BCUT2D eigenvalue weighted by Crippen LogP contribution is -2.02. The third-order valence-corrected chi connectivity index (χ3v) is 5.38. The zero-order chi connectivity index (χ0) is 19.1. The van der Waals surface area contributed by atoms with Gasteiger partial charge in [0.2, 0.25) is 0 Å². The fraction of sp³-hybridized carbons (Fsp3) is 0.118. The lowest BCUT2D eigenvalue weighted by atomic mass is 10.1. The lowest BCUT2D eigenvalue weighted by molar-refractivity contribution is 0.152. The van der Waals surface area contributed by atoms with Crippen LogP contribution in [0.2, 0.25) is 10.2 Å². The van der Waals surface area contributed by atoms with Crippen molar-refractivity contribution in [2.24, 2.45) is 0 Å². The van der Waals surface area contributed by atoms with Gasteiger partial charge in [-0.25, -0.2) is 21.9 Å². The highest BCUT2D eigenvalue weighted by molar-refractivity contribution is 7.90. The minimum absolute atomic E-state index is 0.113. The first-order valence-electron chi connectivity index (χ1n) is 7.31. The summed E-state index contributed by atoms with van der Waals surface area (Å²) in [7, 11) is -3.38. The number of halogens is 4. The van der Waals surface area contributed by atoms with Crippen LogP contribution in [0.4, 0.5) is 8.78 Å². The number of rotatable bonds is 4. The van der Waals surface area contributed by atoms with Crippen LogP contribution in [-0.4, -0.2) is 24.5 Å². The van der Waals surface area contributed by atoms with Crippen molar-refractivity contribution in [3.05, 3.63) is 64.3 Å². The average Bonchev–Trinajstić information content (AvgIpc) is 2.92. The summed E-state index contributed by atoms with van der Waals surface area (Å²) in [6.45, 7) is 0. The molecular formula is C17H12Cl2F2N2O2S. The molecule has 3 rings (SSSR count). The molecule has 1 heterocycles. The van der Waals surface area contributed by atoms with E-state index < -0.39 is 21.8 Å². The van der Waals surface area contributed by atoms with E-state index in [4.69, 9.17) is 23.2 Å². The van der Waals surface area contributed by atoms with Gasteiger partial charge in [0, 0.05) is 16.8 Å². The topological polar surface area (TPSA) is 52.0 Å². The molecule has 136 valence electrons. The second-order valence-electron chi connectivity index (χ2n) is 5.54. The van der Waals surface area contributed by atoms with Crippen LogP contribution in [0.1, 0.15) is 12.0 Å². The summed E-state index contributed by atoms with van der Waals surface area (Å²) < 4.78 is 51.6. The highest BCUT2D eigenvalue weighted by Gasteiger charge is 2.26. The van der Waals surface area contributed by atoms with Gasteiger partial charge in [-0.1, -0.05) is 35.3 Å². The van der Waals surface area contributed by atoms with Crippen LogP contribution < -0.4 is 0 Å². The molecule has 26 heavy (non-hydrogen) atoms. The molecule has 3 aromatic rings. The monoisotopic (exact) mass is 416 g/mol. The van der Waals surface area contributed by atoms with Crippen LogP contribution in [0.15, 0.2) is 53.4 Å². The first kappa shape index (κ1) is 18.8. The van der Waals surface area contributed by atoms with E-state index in [-0.39, 0.29) is 15.7 Å². The Morgan fingerprint density at radius 1 is 1.00 bits per heavy atom. The van der Waals surface area contributed by atoms with Crippen molar-refractivity contribution in [1.29, 1.82) is 0 Å². The van der Waals surface area contributed by atoms with Crippen molar-refractivity contribution in [3.63, 3.8) is 0 Å². The van der Waals surface area contributed by atoms with Crippen LogP contribution in [-0.2, 0) is 9.84 Å². The molecule has 0 aliphatic carbocycles. The second-order valence-corrected chi connectivity index (χ2v) is 8.35. The van der Waals surface area contributed by atoms with Gasteiger partial charge in [0.15, 0.2) is 15.0 Å². The van der Waals surface area contributed by atoms with E-state index in [0.29, 0.717) is 16.3 Å². The Kier molecular flexibility index (Phi) is 5.05. The number of benzene rings is 2. The van der Waals surface area contributed by atoms with Gasteiger partial charge in [-0.3, -0.25) is 0 Å². The summed E-state index contributed by atoms with van der Waals surface area (Å²) >= 11 is 11.8. The smallest absolute Gasteiger partial charge is 0.231 e. The second kappa shape index (κ2) is 6.98. The van der Waals surface area contributed by atoms with Gasteiger partial charge in [-0.15, -0.1) is 0 Å². The lowest BCUT2D eigenvalue weighted by Gasteiger charge is -2.10. The molecule has 0 saturated heterocycles. The number of aromatic nitrogens is 2. The van der Waals surface area contributed by atoms with Crippen LogP contribution >= 0.6 is 23.2 Å². The van der Waals surface area contributed by atoms with Gasteiger partial charge in [0.25, 0.3) is 6.43 Å². The predicted molar refractivity (Wildman–Crippen MR) is 97.1 cm³/mol. The van der Waals surface area contributed by atoms with E-state index in [1.165, 1.54) is 28.9 Å². The van der Waals surface area contributed by atoms with Crippen molar-refractivity contribution < 1.29 is 17.2 Å². The van der Waals surface area contributed by atoms with Gasteiger partial charge in [0.1, 0.15) is 0 Å². The summed E-state index contributed by atoms with van der Waals surface area (Å²) in [5.74, 6) is 0. The molecule has 0 radical (unpaired) electrons. The molecule has 0 bridgehead atoms. The Balaban J connectivity index is 2.22. The fourth-order valence-electron chi connectivity index (χ4n) is 2.50. The Labute approximate surface area is 158 Å². The Morgan fingerprint density at radius 2 is 1.58 bits per heavy atom. The van der Waals surface area contributed by atoms with Gasteiger partial charge in [-0.2, -0.15) is 5.10 Å². The van der Waals surface area contributed by atoms with Crippen LogP contribution in [0.3, 0.4) is 0 Å². The number of nitrogens with zero attached hydrogens (tertiary/aromatic N) is 2. The molecular weight excluding hydrogens is 405 g/mol. The van der Waals surface area contributed by atoms with Crippen LogP contribution in [0.25, 0.3) is 16.9 Å². The van der Waals surface area contributed by atoms with Crippen molar-refractivity contribution in [1.82, 2.24) is 9.78 Å². The average molecular weight is 417 g/mol. The van der Waals surface area contributed by atoms with Crippen molar-refractivity contribution in [2.75, 3.05) is 6.26 Å². The molecule has 9 heteroatoms. The van der Waals surface area contributed by atoms with Crippen LogP contribution in [0.5, 0.6) is 0 Å². The summed E-state index contributed by atoms with van der Waals surface area (Å²) in [5.41, 5.74) is 0.572. The molecule has 0 atom stereocenters. The van der Waals surface area contributed by atoms with Gasteiger partial charge in [-0.05, 0) is 36.4 Å². The van der Waals surface area contributed by atoms with E-state index in [1.807, 2.05) is 0 Å². The highest BCUT2D eigenvalue weighted by Crippen LogP contribution is 2.38. The van der Waals surface area contributed by atoms with E-state index in [0.717, 1.165) is 6.26 Å². The van der Waals surface area contributed by atoms with E-state index in [1.54, 1.807) is 24.3 Å². The number of hydrogen-bond donors (Lipinski definition) is 0. The summed E-state index contributed by atoms with van der Waals surface area (Å²) in [6, 6.07) is 12.0. The maximum Gasteiger partial charge on any atom is 0.268 e. The third kappa shape index (κ3) is 3.60. The summed E-state index contributed by atoms with van der Waals surface area (Å²) in [4.78, 5) is 0.113. The van der Waals surface area contributed by atoms with Gasteiger partial charge < -0.3 is 0 Å². The first-order chi connectivity index (χ1) is 12.2. The molecule has 0 aliphatic heterocycles. The molecule has 0 spiro atoms. The maximum absolute atomic E-state index is 13.6. The van der Waals surface area contributed by atoms with Gasteiger partial charge >= 0.3 is 0 Å². The number of alkyl halides is 2. The molecule has 0 saturated carbocycles. The zero-order valence-corrected chi connectivity index (χ0v) is 15.7. The van der Waals surface area contributed by atoms with Crippen LogP contribution in [0, 0.1) is 0 Å². The molecule has 1 aromatic heterocycles. The zero-order valence-electron chi connectivity index (χ0n) is 13.3. The standard InChI is InChI=1S/C17H12Cl2F2N2O2S/c1-26(24,25)13-8-6-12(7-9-13)23-15(10-2-4-11(18)5-3-10)14(17(20)21)16(19)22-23/h2-9,17H,1H3. The van der Waals surface area contributed by atoms with Crippen molar-refractivity contribution in [2.45, 2.75) is 11.3 Å². The Hall–Kier alpha value is -1.96.